The number of nitrogens with two attached hydrogens (primary N) is 1. The molecule has 0 aromatic heterocycles. The monoisotopic (exact) mass is 96.1 g/mol. The number of hydrazone groups is 1. The summed E-state index contributed by atoms with van der Waals surface area (Å²) < 4.78 is 0. The number of nitrogens with zero attached hydrogens (tertiary/aromatic N) is 1. The van der Waals surface area contributed by atoms with Gasteiger partial charge in [-0.3, -0.25) is 0 Å². The molecule has 0 atom stereocenters. The molecule has 0 aliphatic carbocycles. The van der Waals surface area contributed by atoms with Crippen molar-refractivity contribution in [2.24, 2.45) is 10.9 Å². The van der Waals surface area contributed by atoms with Gasteiger partial charge < -0.3 is 11.3 Å². The normalized spacial score (nSPS) is 10.7. The third kappa shape index (κ3) is 1.97. The zero-order valence-electron chi connectivity index (χ0n) is 4.18. The molecule has 0 aromatic carbocycles. The van der Waals surface area contributed by atoms with Crippen molar-refractivity contribution in [2.45, 2.75) is 6.82 Å². The summed E-state index contributed by atoms with van der Waals surface area (Å²) in [4.78, 5) is 0. The third-order valence-corrected chi connectivity index (χ3v) is 0.593. The van der Waals surface area contributed by atoms with E-state index in [0.717, 1.165) is 6.21 Å². The number of hydrogen-bond acceptors (Lipinski definition) is 3. The maximum Gasteiger partial charge on any atom is 0.178 e. The summed E-state index contributed by atoms with van der Waals surface area (Å²) in [5.41, 5.74) is 0.500. The van der Waals surface area contributed by atoms with Crippen molar-refractivity contribution >= 4 is 19.1 Å². The van der Waals surface area contributed by atoms with Gasteiger partial charge in [-0.2, -0.15) is 5.10 Å². The molecule has 0 heterocycles. The Labute approximate surface area is 43.3 Å². The summed E-state index contributed by atoms with van der Waals surface area (Å²) in [7, 11) is 1.66. The molecule has 0 bridgehead atoms. The SMILES string of the molecule is C[B]C(C=N)=NN. The molecule has 3 nitrogen and oxygen atoms in total. The lowest BCUT2D eigenvalue weighted by Gasteiger charge is -1.83. The van der Waals surface area contributed by atoms with Crippen LogP contribution < -0.4 is 5.84 Å². The van der Waals surface area contributed by atoms with Gasteiger partial charge in [0.15, 0.2) is 7.28 Å². The maximum atomic E-state index is 6.59. The Balaban J connectivity index is 3.60. The van der Waals surface area contributed by atoms with Gasteiger partial charge in [-0.1, -0.05) is 6.82 Å². The van der Waals surface area contributed by atoms with Crippen LogP contribution in [0.15, 0.2) is 5.10 Å². The Hall–Kier alpha value is -0.795. The van der Waals surface area contributed by atoms with E-state index in [9.17, 15) is 0 Å². The highest BCUT2D eigenvalue weighted by Crippen LogP contribution is 1.62. The van der Waals surface area contributed by atoms with Gasteiger partial charge in [0.2, 0.25) is 0 Å². The van der Waals surface area contributed by atoms with Crippen LogP contribution in [-0.4, -0.2) is 19.1 Å². The first-order chi connectivity index (χ1) is 3.35. The minimum absolute atomic E-state index is 0.500. The van der Waals surface area contributed by atoms with E-state index in [1.54, 1.807) is 14.1 Å². The van der Waals surface area contributed by atoms with Crippen molar-refractivity contribution in [1.82, 2.24) is 0 Å². The standard InChI is InChI=1S/C3H7BN3/c1-4-3(2-5)7-6/h2,5H,6H2,1H3. The van der Waals surface area contributed by atoms with Crippen molar-refractivity contribution in [3.05, 3.63) is 0 Å². The van der Waals surface area contributed by atoms with Crippen LogP contribution in [0.2, 0.25) is 6.82 Å². The van der Waals surface area contributed by atoms with E-state index in [2.05, 4.69) is 5.10 Å². The average Bonchev–Trinajstić information content (AvgIpc) is 1.72. The summed E-state index contributed by atoms with van der Waals surface area (Å²) in [5.74, 6) is 4.80. The molecule has 0 amide bonds. The van der Waals surface area contributed by atoms with Gasteiger partial charge in [0, 0.05) is 11.8 Å². The molecule has 0 spiro atoms. The third-order valence-electron chi connectivity index (χ3n) is 0.593. The molecule has 0 aliphatic heterocycles. The fraction of sp³-hybridized carbons (Fsp3) is 0.333. The number of hydrogen-bond donors (Lipinski definition) is 2. The van der Waals surface area contributed by atoms with Crippen LogP contribution in [0.1, 0.15) is 0 Å². The molecule has 0 fully saturated rings. The Kier molecular flexibility index (Phi) is 3.01. The van der Waals surface area contributed by atoms with Crippen LogP contribution in [0.25, 0.3) is 0 Å². The summed E-state index contributed by atoms with van der Waals surface area (Å²) >= 11 is 0. The second kappa shape index (κ2) is 3.40. The van der Waals surface area contributed by atoms with Crippen LogP contribution in [0.5, 0.6) is 0 Å². The van der Waals surface area contributed by atoms with Gasteiger partial charge in [0.25, 0.3) is 0 Å². The topological polar surface area (TPSA) is 62.2 Å². The maximum absolute atomic E-state index is 6.59. The Bertz CT molecular complexity index is 88.2. The highest BCUT2D eigenvalue weighted by Gasteiger charge is 1.85. The molecule has 1 radical (unpaired) electrons. The molecule has 4 heteroatoms. The van der Waals surface area contributed by atoms with E-state index in [1.165, 1.54) is 0 Å². The number of rotatable bonds is 2. The van der Waals surface area contributed by atoms with Crippen LogP contribution in [0.3, 0.4) is 0 Å². The van der Waals surface area contributed by atoms with Crippen molar-refractivity contribution in [1.29, 1.82) is 5.41 Å². The second-order valence-electron chi connectivity index (χ2n) is 0.987. The van der Waals surface area contributed by atoms with E-state index in [-0.39, 0.29) is 0 Å². The summed E-state index contributed by atoms with van der Waals surface area (Å²) in [5, 5.41) is 9.84. The predicted octanol–water partition coefficient (Wildman–Crippen LogP) is -0.340. The largest absolute Gasteiger partial charge is 0.324 e. The van der Waals surface area contributed by atoms with Gasteiger partial charge in [-0.05, 0) is 0 Å². The molecule has 0 saturated carbocycles. The van der Waals surface area contributed by atoms with E-state index >= 15 is 0 Å². The Morgan fingerprint density at radius 1 is 2.00 bits per heavy atom. The summed E-state index contributed by atoms with van der Waals surface area (Å²) in [6, 6.07) is 0. The van der Waals surface area contributed by atoms with Crippen molar-refractivity contribution < 1.29 is 0 Å². The molecule has 0 saturated heterocycles. The van der Waals surface area contributed by atoms with E-state index in [0.29, 0.717) is 5.61 Å². The van der Waals surface area contributed by atoms with Crippen molar-refractivity contribution in [3.8, 4) is 0 Å². The molecule has 0 rings (SSSR count). The van der Waals surface area contributed by atoms with Gasteiger partial charge in [0.05, 0.1) is 0 Å². The summed E-state index contributed by atoms with van der Waals surface area (Å²) in [6.07, 6.45) is 1.10. The predicted molar refractivity (Wildman–Crippen MR) is 32.0 cm³/mol. The van der Waals surface area contributed by atoms with Crippen LogP contribution in [0, 0.1) is 5.41 Å². The molecule has 0 unspecified atom stereocenters. The minimum Gasteiger partial charge on any atom is -0.324 e. The molecular weight excluding hydrogens is 88.9 g/mol. The van der Waals surface area contributed by atoms with Crippen LogP contribution in [0.4, 0.5) is 0 Å². The average molecular weight is 95.9 g/mol. The van der Waals surface area contributed by atoms with Gasteiger partial charge >= 0.3 is 0 Å². The van der Waals surface area contributed by atoms with E-state index in [1.807, 2.05) is 0 Å². The van der Waals surface area contributed by atoms with E-state index in [4.69, 9.17) is 11.3 Å². The van der Waals surface area contributed by atoms with Crippen LogP contribution >= 0.6 is 0 Å². The zero-order chi connectivity index (χ0) is 5.70. The van der Waals surface area contributed by atoms with Gasteiger partial charge in [-0.25, -0.2) is 0 Å². The highest BCUT2D eigenvalue weighted by molar-refractivity contribution is 6.86. The van der Waals surface area contributed by atoms with E-state index < -0.39 is 0 Å². The number of nitrogens with one attached hydrogen (secondary N) is 1. The van der Waals surface area contributed by atoms with Crippen molar-refractivity contribution in [3.63, 3.8) is 0 Å². The first-order valence-electron chi connectivity index (χ1n) is 1.93. The second-order valence-corrected chi connectivity index (χ2v) is 0.987. The van der Waals surface area contributed by atoms with Gasteiger partial charge in [0.1, 0.15) is 0 Å². The molecule has 0 aliphatic rings. The first-order valence-corrected chi connectivity index (χ1v) is 1.93. The summed E-state index contributed by atoms with van der Waals surface area (Å²) in [6.45, 7) is 1.77. The quantitative estimate of drug-likeness (QED) is 0.210. The first kappa shape index (κ1) is 6.20. The molecule has 3 N–H and O–H groups in total. The highest BCUT2D eigenvalue weighted by atomic mass is 15.1. The molecule has 0 aromatic rings. The smallest absolute Gasteiger partial charge is 0.178 e. The molecule has 7 heavy (non-hydrogen) atoms. The molecule has 37 valence electrons. The molecular formula is C3H7BN3. The van der Waals surface area contributed by atoms with Crippen molar-refractivity contribution in [2.75, 3.05) is 0 Å². The van der Waals surface area contributed by atoms with Gasteiger partial charge in [-0.15, -0.1) is 0 Å². The lowest BCUT2D eigenvalue weighted by atomic mass is 9.76. The lowest BCUT2D eigenvalue weighted by molar-refractivity contribution is 1.26. The van der Waals surface area contributed by atoms with Crippen LogP contribution in [-0.2, 0) is 0 Å². The Morgan fingerprint density at radius 2 is 2.57 bits per heavy atom. The Morgan fingerprint density at radius 3 is 2.57 bits per heavy atom. The fourth-order valence-electron chi connectivity index (χ4n) is 0.195. The lowest BCUT2D eigenvalue weighted by Crippen LogP contribution is -2.08. The fourth-order valence-corrected chi connectivity index (χ4v) is 0.195. The zero-order valence-corrected chi connectivity index (χ0v) is 4.18. The minimum atomic E-state index is 0.500.